The predicted octanol–water partition coefficient (Wildman–Crippen LogP) is 12.4. The molecule has 7 aromatic carbocycles. The molecular weight excluding hydrogens is 641 g/mol. The van der Waals surface area contributed by atoms with Gasteiger partial charge in [-0.3, -0.25) is 4.57 Å². The first kappa shape index (κ1) is 28.3. The van der Waals surface area contributed by atoms with E-state index in [-0.39, 0.29) is 0 Å². The van der Waals surface area contributed by atoms with Crippen molar-refractivity contribution in [2.24, 2.45) is 0 Å². The average Bonchev–Trinajstić information content (AvgIpc) is 3.86. The maximum atomic E-state index is 5.35. The van der Waals surface area contributed by atoms with Gasteiger partial charge >= 0.3 is 0 Å². The molecule has 0 radical (unpaired) electrons. The van der Waals surface area contributed by atoms with Crippen LogP contribution in [0.5, 0.6) is 0 Å². The molecule has 0 aliphatic rings. The highest BCUT2D eigenvalue weighted by Crippen LogP contribution is 2.43. The van der Waals surface area contributed by atoms with E-state index in [1.807, 2.05) is 35.6 Å². The van der Waals surface area contributed by atoms with Crippen LogP contribution < -0.4 is 0 Å². The largest absolute Gasteiger partial charge is 0.307 e. The van der Waals surface area contributed by atoms with Gasteiger partial charge in [-0.15, -0.1) is 11.3 Å². The molecule has 0 N–H and O–H groups in total. The fourth-order valence-corrected chi connectivity index (χ4v) is 8.97. The number of aromatic nitrogens is 4. The maximum Gasteiger partial charge on any atom is 0.162 e. The van der Waals surface area contributed by atoms with Gasteiger partial charge in [-0.2, -0.15) is 0 Å². The van der Waals surface area contributed by atoms with Crippen molar-refractivity contribution >= 4 is 75.1 Å². The predicted molar refractivity (Wildman–Crippen MR) is 214 cm³/mol. The number of nitrogens with zero attached hydrogens (tertiary/aromatic N) is 4. The first-order valence-electron chi connectivity index (χ1n) is 17.2. The number of hydrogen-bond acceptors (Lipinski definition) is 3. The third kappa shape index (κ3) is 4.25. The molecule has 4 heterocycles. The van der Waals surface area contributed by atoms with Crippen molar-refractivity contribution in [2.45, 2.75) is 0 Å². The summed E-state index contributed by atoms with van der Waals surface area (Å²) in [6.07, 6.45) is 0. The molecule has 0 unspecified atom stereocenters. The lowest BCUT2D eigenvalue weighted by Crippen LogP contribution is -2.04. The standard InChI is InChI=1S/C46H28N4S/c1-3-13-29(14-4-1)38-28-43(48-46(47-38)30-15-5-2-6-16-30)50-40-21-11-8-18-33(40)36-25-24-35-32-17-7-10-20-39(32)49(44(35)45(36)50)31-23-26-42-37(27-31)34-19-9-12-22-41(34)51-42/h1-28H. The zero-order valence-electron chi connectivity index (χ0n) is 27.4. The number of fused-ring (bicyclic) bond motifs is 10. The van der Waals surface area contributed by atoms with Gasteiger partial charge in [0.2, 0.25) is 0 Å². The van der Waals surface area contributed by atoms with E-state index in [1.165, 1.54) is 47.2 Å². The summed E-state index contributed by atoms with van der Waals surface area (Å²) < 4.78 is 7.43. The molecule has 0 atom stereocenters. The lowest BCUT2D eigenvalue weighted by atomic mass is 10.1. The van der Waals surface area contributed by atoms with E-state index >= 15 is 0 Å². The molecular formula is C46H28N4S. The third-order valence-electron chi connectivity index (χ3n) is 10.1. The lowest BCUT2D eigenvalue weighted by molar-refractivity contribution is 1.05. The minimum Gasteiger partial charge on any atom is -0.307 e. The molecule has 0 saturated heterocycles. The van der Waals surface area contributed by atoms with Crippen LogP contribution in [-0.4, -0.2) is 19.1 Å². The zero-order chi connectivity index (χ0) is 33.5. The number of para-hydroxylation sites is 2. The van der Waals surface area contributed by atoms with Gasteiger partial charge in [0.25, 0.3) is 0 Å². The van der Waals surface area contributed by atoms with Gasteiger partial charge < -0.3 is 4.57 Å². The Labute approximate surface area is 297 Å². The molecule has 0 aliphatic carbocycles. The Kier molecular flexibility index (Phi) is 6.09. The fraction of sp³-hybridized carbons (Fsp3) is 0. The highest BCUT2D eigenvalue weighted by molar-refractivity contribution is 7.25. The second kappa shape index (κ2) is 11.0. The Morgan fingerprint density at radius 1 is 0.392 bits per heavy atom. The minimum absolute atomic E-state index is 0.695. The van der Waals surface area contributed by atoms with Gasteiger partial charge in [0.05, 0.1) is 27.8 Å². The maximum absolute atomic E-state index is 5.35. The van der Waals surface area contributed by atoms with Crippen LogP contribution in [0.1, 0.15) is 0 Å². The van der Waals surface area contributed by atoms with Gasteiger partial charge in [-0.1, -0.05) is 127 Å². The number of thiophene rings is 1. The van der Waals surface area contributed by atoms with E-state index in [9.17, 15) is 0 Å². The van der Waals surface area contributed by atoms with Crippen molar-refractivity contribution in [3.63, 3.8) is 0 Å². The van der Waals surface area contributed by atoms with Crippen LogP contribution in [0.2, 0.25) is 0 Å². The lowest BCUT2D eigenvalue weighted by Gasteiger charge is -2.14. The molecule has 4 nitrogen and oxygen atoms in total. The summed E-state index contributed by atoms with van der Waals surface area (Å²) in [7, 11) is 0. The molecule has 51 heavy (non-hydrogen) atoms. The Hall–Kier alpha value is -6.56. The van der Waals surface area contributed by atoms with Gasteiger partial charge in [0, 0.05) is 64.6 Å². The monoisotopic (exact) mass is 668 g/mol. The smallest absolute Gasteiger partial charge is 0.162 e. The van der Waals surface area contributed by atoms with Gasteiger partial charge in [-0.25, -0.2) is 9.97 Å². The van der Waals surface area contributed by atoms with Crippen molar-refractivity contribution in [3.05, 3.63) is 170 Å². The average molecular weight is 669 g/mol. The summed E-state index contributed by atoms with van der Waals surface area (Å²) in [6, 6.07) is 60.6. The third-order valence-corrected chi connectivity index (χ3v) is 11.3. The van der Waals surface area contributed by atoms with Crippen molar-refractivity contribution < 1.29 is 0 Å². The summed E-state index contributed by atoms with van der Waals surface area (Å²) in [5.74, 6) is 1.53. The van der Waals surface area contributed by atoms with Gasteiger partial charge in [0.15, 0.2) is 5.82 Å². The number of rotatable bonds is 4. The summed E-state index contributed by atoms with van der Waals surface area (Å²) in [4.78, 5) is 10.5. The highest BCUT2D eigenvalue weighted by Gasteiger charge is 2.23. The molecule has 4 aromatic heterocycles. The second-order valence-electron chi connectivity index (χ2n) is 13.0. The zero-order valence-corrected chi connectivity index (χ0v) is 28.2. The fourth-order valence-electron chi connectivity index (χ4n) is 7.88. The summed E-state index contributed by atoms with van der Waals surface area (Å²) in [5.41, 5.74) is 8.61. The van der Waals surface area contributed by atoms with Crippen molar-refractivity contribution in [3.8, 4) is 34.2 Å². The Balaban J connectivity index is 1.30. The molecule has 238 valence electrons. The number of benzene rings is 7. The molecule has 11 aromatic rings. The molecule has 0 aliphatic heterocycles. The summed E-state index contributed by atoms with van der Waals surface area (Å²) in [6.45, 7) is 0. The van der Waals surface area contributed by atoms with Crippen LogP contribution in [0, 0.1) is 0 Å². The number of hydrogen-bond donors (Lipinski definition) is 0. The molecule has 0 saturated carbocycles. The molecule has 0 spiro atoms. The quantitative estimate of drug-likeness (QED) is 0.187. The van der Waals surface area contributed by atoms with Crippen LogP contribution in [-0.2, 0) is 0 Å². The van der Waals surface area contributed by atoms with E-state index in [2.05, 4.69) is 155 Å². The van der Waals surface area contributed by atoms with E-state index in [0.717, 1.165) is 44.9 Å². The van der Waals surface area contributed by atoms with Crippen LogP contribution >= 0.6 is 11.3 Å². The van der Waals surface area contributed by atoms with Crippen LogP contribution in [0.3, 0.4) is 0 Å². The van der Waals surface area contributed by atoms with Crippen LogP contribution in [0.25, 0.3) is 97.9 Å². The van der Waals surface area contributed by atoms with Crippen molar-refractivity contribution in [2.75, 3.05) is 0 Å². The normalized spacial score (nSPS) is 11.9. The Morgan fingerprint density at radius 2 is 0.961 bits per heavy atom. The first-order valence-corrected chi connectivity index (χ1v) is 18.0. The van der Waals surface area contributed by atoms with Gasteiger partial charge in [0.1, 0.15) is 5.82 Å². The molecule has 11 rings (SSSR count). The van der Waals surface area contributed by atoms with E-state index in [0.29, 0.717) is 5.82 Å². The SMILES string of the molecule is c1ccc(-c2cc(-n3c4ccccc4c4ccc5c6ccccc6n(-c6ccc7sc8ccccc8c7c6)c5c43)nc(-c3ccccc3)n2)cc1. The molecule has 0 amide bonds. The topological polar surface area (TPSA) is 35.6 Å². The van der Waals surface area contributed by atoms with Crippen molar-refractivity contribution in [1.82, 2.24) is 19.1 Å². The van der Waals surface area contributed by atoms with E-state index in [4.69, 9.17) is 9.97 Å². The molecule has 5 heteroatoms. The second-order valence-corrected chi connectivity index (χ2v) is 14.1. The minimum atomic E-state index is 0.695. The Bertz CT molecular complexity index is 3080. The molecule has 0 fully saturated rings. The molecule has 0 bridgehead atoms. The van der Waals surface area contributed by atoms with Crippen molar-refractivity contribution in [1.29, 1.82) is 0 Å². The van der Waals surface area contributed by atoms with E-state index < -0.39 is 0 Å². The van der Waals surface area contributed by atoms with Gasteiger partial charge in [-0.05, 0) is 36.4 Å². The Morgan fingerprint density at radius 3 is 1.69 bits per heavy atom. The van der Waals surface area contributed by atoms with Crippen LogP contribution in [0.15, 0.2) is 170 Å². The van der Waals surface area contributed by atoms with E-state index in [1.54, 1.807) is 0 Å². The summed E-state index contributed by atoms with van der Waals surface area (Å²) in [5, 5.41) is 7.37. The van der Waals surface area contributed by atoms with Crippen LogP contribution in [0.4, 0.5) is 0 Å². The first-order chi connectivity index (χ1) is 25.3. The highest BCUT2D eigenvalue weighted by atomic mass is 32.1. The summed E-state index contributed by atoms with van der Waals surface area (Å²) >= 11 is 1.85.